The van der Waals surface area contributed by atoms with Crippen molar-refractivity contribution < 1.29 is 19.6 Å². The van der Waals surface area contributed by atoms with Crippen molar-refractivity contribution in [3.8, 4) is 0 Å². The lowest BCUT2D eigenvalue weighted by atomic mass is 9.77. The molecule has 1 heterocycles. The minimum absolute atomic E-state index is 0.0135. The molecule has 3 atom stereocenters. The van der Waals surface area contributed by atoms with Gasteiger partial charge in [0.2, 0.25) is 11.8 Å². The van der Waals surface area contributed by atoms with E-state index < -0.39 is 24.6 Å². The van der Waals surface area contributed by atoms with Crippen molar-refractivity contribution in [3.63, 3.8) is 0 Å². The fourth-order valence-electron chi connectivity index (χ4n) is 3.10. The minimum atomic E-state index is -1.63. The molecule has 24 heavy (non-hydrogen) atoms. The molecule has 8 heteroatoms. The van der Waals surface area contributed by atoms with Crippen molar-refractivity contribution in [2.24, 2.45) is 17.6 Å². The van der Waals surface area contributed by atoms with Gasteiger partial charge in [0.15, 0.2) is 0 Å². The van der Waals surface area contributed by atoms with Gasteiger partial charge in [-0.05, 0) is 31.1 Å². The van der Waals surface area contributed by atoms with Gasteiger partial charge in [-0.1, -0.05) is 34.6 Å². The van der Waals surface area contributed by atoms with Crippen LogP contribution < -0.4 is 11.1 Å². The van der Waals surface area contributed by atoms with Crippen LogP contribution in [0.2, 0.25) is 0 Å². The van der Waals surface area contributed by atoms with Crippen LogP contribution in [-0.4, -0.2) is 57.9 Å². The number of nitrogens with two attached hydrogens (primary N) is 1. The van der Waals surface area contributed by atoms with Gasteiger partial charge in [0, 0.05) is 6.54 Å². The van der Waals surface area contributed by atoms with Crippen molar-refractivity contribution in [1.82, 2.24) is 10.2 Å². The highest BCUT2D eigenvalue weighted by Gasteiger charge is 2.49. The first-order chi connectivity index (χ1) is 11.0. The first-order valence-corrected chi connectivity index (χ1v) is 8.81. The summed E-state index contributed by atoms with van der Waals surface area (Å²) >= 11 is 0. The molecule has 0 aliphatic carbocycles. The van der Waals surface area contributed by atoms with E-state index in [0.717, 1.165) is 0 Å². The molecule has 0 aromatic heterocycles. The fourth-order valence-corrected chi connectivity index (χ4v) is 3.10. The Labute approximate surface area is 145 Å². The summed E-state index contributed by atoms with van der Waals surface area (Å²) in [5.41, 5.74) is 5.34. The molecule has 7 nitrogen and oxygen atoms in total. The molecule has 0 saturated carbocycles. The van der Waals surface area contributed by atoms with Gasteiger partial charge < -0.3 is 26.0 Å². The second kappa shape index (κ2) is 8.31. The van der Waals surface area contributed by atoms with Gasteiger partial charge in [0.1, 0.15) is 6.04 Å². The predicted octanol–water partition coefficient (Wildman–Crippen LogP) is -0.106. The van der Waals surface area contributed by atoms with Crippen LogP contribution in [0, 0.1) is 11.8 Å². The maximum Gasteiger partial charge on any atom is 0.475 e. The summed E-state index contributed by atoms with van der Waals surface area (Å²) in [7, 11) is -1.63. The van der Waals surface area contributed by atoms with Crippen molar-refractivity contribution in [3.05, 3.63) is 0 Å². The molecular formula is C16H32BN3O4. The Morgan fingerprint density at radius 3 is 2.33 bits per heavy atom. The Morgan fingerprint density at radius 1 is 1.38 bits per heavy atom. The molecule has 1 saturated heterocycles. The van der Waals surface area contributed by atoms with Gasteiger partial charge in [-0.3, -0.25) is 9.59 Å². The summed E-state index contributed by atoms with van der Waals surface area (Å²) in [6.45, 7) is 9.99. The van der Waals surface area contributed by atoms with E-state index in [0.29, 0.717) is 25.8 Å². The summed E-state index contributed by atoms with van der Waals surface area (Å²) in [6.07, 6.45) is 1.41. The Hall–Kier alpha value is -1.12. The smallest absolute Gasteiger partial charge is 0.426 e. The number of nitrogens with zero attached hydrogens (tertiary/aromatic N) is 1. The van der Waals surface area contributed by atoms with E-state index in [4.69, 9.17) is 5.73 Å². The molecule has 1 fully saturated rings. The Bertz CT molecular complexity index is 459. The number of carbonyl (C=O) groups excluding carboxylic acids is 2. The van der Waals surface area contributed by atoms with E-state index in [1.807, 2.05) is 27.7 Å². The quantitative estimate of drug-likeness (QED) is 0.460. The van der Waals surface area contributed by atoms with E-state index in [9.17, 15) is 19.6 Å². The standard InChI is InChI=1S/C16H32BN3O4/c1-6-13(17(23)24)19-14(21)12(9-10(2)3)20-8-7-16(18,11(4)5)15(20)22/h10-13,23-24H,6-9,18H2,1-5H3,(H,19,21)/t12-,13?,16?/m1/s1. The van der Waals surface area contributed by atoms with E-state index >= 15 is 0 Å². The molecule has 1 rings (SSSR count). The first kappa shape index (κ1) is 20.9. The lowest BCUT2D eigenvalue weighted by molar-refractivity contribution is -0.141. The highest BCUT2D eigenvalue weighted by Crippen LogP contribution is 2.30. The number of nitrogens with one attached hydrogen (secondary N) is 1. The molecule has 2 amide bonds. The van der Waals surface area contributed by atoms with Crippen molar-refractivity contribution in [1.29, 1.82) is 0 Å². The monoisotopic (exact) mass is 341 g/mol. The average Bonchev–Trinajstić information content (AvgIpc) is 2.79. The summed E-state index contributed by atoms with van der Waals surface area (Å²) in [4.78, 5) is 27.1. The largest absolute Gasteiger partial charge is 0.475 e. The number of carbonyl (C=O) groups is 2. The maximum absolute atomic E-state index is 12.8. The lowest BCUT2D eigenvalue weighted by Gasteiger charge is -2.32. The molecule has 0 aromatic rings. The third-order valence-electron chi connectivity index (χ3n) is 4.96. The molecule has 0 radical (unpaired) electrons. The summed E-state index contributed by atoms with van der Waals surface area (Å²) < 4.78 is 0. The second-order valence-corrected chi connectivity index (χ2v) is 7.53. The second-order valence-electron chi connectivity index (χ2n) is 7.53. The number of hydrogen-bond donors (Lipinski definition) is 4. The molecule has 1 aliphatic heterocycles. The van der Waals surface area contributed by atoms with Crippen molar-refractivity contribution >= 4 is 18.9 Å². The van der Waals surface area contributed by atoms with Crippen molar-refractivity contribution in [2.75, 3.05) is 6.54 Å². The van der Waals surface area contributed by atoms with E-state index in [1.54, 1.807) is 11.8 Å². The Morgan fingerprint density at radius 2 is 1.96 bits per heavy atom. The minimum Gasteiger partial charge on any atom is -0.426 e. The molecule has 2 unspecified atom stereocenters. The van der Waals surface area contributed by atoms with Crippen LogP contribution in [0.5, 0.6) is 0 Å². The highest BCUT2D eigenvalue weighted by atomic mass is 16.4. The average molecular weight is 341 g/mol. The summed E-state index contributed by atoms with van der Waals surface area (Å²) in [6, 6.07) is -0.644. The van der Waals surface area contributed by atoms with Crippen LogP contribution in [0.4, 0.5) is 0 Å². The highest BCUT2D eigenvalue weighted by molar-refractivity contribution is 6.43. The summed E-state index contributed by atoms with van der Waals surface area (Å²) in [5, 5.41) is 21.3. The number of hydrogen-bond acceptors (Lipinski definition) is 5. The predicted molar refractivity (Wildman–Crippen MR) is 93.7 cm³/mol. The molecule has 0 bridgehead atoms. The normalized spacial score (nSPS) is 23.8. The number of likely N-dealkylation sites (tertiary alicyclic amines) is 1. The third-order valence-corrected chi connectivity index (χ3v) is 4.96. The van der Waals surface area contributed by atoms with Gasteiger partial charge in [0.25, 0.3) is 0 Å². The zero-order valence-electron chi connectivity index (χ0n) is 15.5. The van der Waals surface area contributed by atoms with Gasteiger partial charge >= 0.3 is 7.12 Å². The summed E-state index contributed by atoms with van der Waals surface area (Å²) in [5.74, 6) is -1.11. The lowest BCUT2D eigenvalue weighted by Crippen LogP contribution is -2.58. The number of rotatable bonds is 8. The number of amides is 2. The van der Waals surface area contributed by atoms with Crippen LogP contribution in [-0.2, 0) is 9.59 Å². The molecule has 5 N–H and O–H groups in total. The molecule has 0 spiro atoms. The molecule has 1 aliphatic rings. The SMILES string of the molecule is CCC(NC(=O)[C@@H](CC(C)C)N1CCC(N)(C(C)C)C1=O)B(O)O. The van der Waals surface area contributed by atoms with E-state index in [1.165, 1.54) is 0 Å². The third kappa shape index (κ3) is 4.49. The van der Waals surface area contributed by atoms with Crippen molar-refractivity contribution in [2.45, 2.75) is 71.4 Å². The van der Waals surface area contributed by atoms with Crippen LogP contribution in [0.15, 0.2) is 0 Å². The Kier molecular flexibility index (Phi) is 7.25. The molecule has 0 aromatic carbocycles. The first-order valence-electron chi connectivity index (χ1n) is 8.81. The zero-order chi connectivity index (χ0) is 18.7. The van der Waals surface area contributed by atoms with Gasteiger partial charge in [-0.2, -0.15) is 0 Å². The Balaban J connectivity index is 2.98. The molecule has 138 valence electrons. The van der Waals surface area contributed by atoms with Crippen LogP contribution in [0.3, 0.4) is 0 Å². The van der Waals surface area contributed by atoms with Gasteiger partial charge in [-0.25, -0.2) is 0 Å². The van der Waals surface area contributed by atoms with Crippen LogP contribution >= 0.6 is 0 Å². The van der Waals surface area contributed by atoms with Gasteiger partial charge in [0.05, 0.1) is 11.5 Å². The van der Waals surface area contributed by atoms with Crippen LogP contribution in [0.1, 0.15) is 53.9 Å². The van der Waals surface area contributed by atoms with Crippen LogP contribution in [0.25, 0.3) is 0 Å². The fraction of sp³-hybridized carbons (Fsp3) is 0.875. The van der Waals surface area contributed by atoms with E-state index in [2.05, 4.69) is 5.32 Å². The molecular weight excluding hydrogens is 309 g/mol. The zero-order valence-corrected chi connectivity index (χ0v) is 15.5. The van der Waals surface area contributed by atoms with E-state index in [-0.39, 0.29) is 23.7 Å². The maximum atomic E-state index is 12.8. The topological polar surface area (TPSA) is 116 Å². The van der Waals surface area contributed by atoms with Gasteiger partial charge in [-0.15, -0.1) is 0 Å².